The maximum absolute atomic E-state index is 13.2. The van der Waals surface area contributed by atoms with Crippen LogP contribution in [-0.4, -0.2) is 36.1 Å². The standard InChI is InChI=1S/C27H25N3O5/c1-17(18-8-10-20(11-9-18)19-6-4-3-5-7-19)28-24(31)15-30-25(32)27(2,29-26(30)33)21-12-13-22-23(14-21)35-16-34-22/h3-14,17H,15-16H2,1-2H3,(H,28,31)(H,29,33)/t17-,27-/m1/s1. The van der Waals surface area contributed by atoms with E-state index in [-0.39, 0.29) is 19.4 Å². The smallest absolute Gasteiger partial charge is 0.325 e. The molecule has 0 saturated carbocycles. The van der Waals surface area contributed by atoms with Crippen LogP contribution in [0, 0.1) is 0 Å². The van der Waals surface area contributed by atoms with E-state index in [1.807, 2.05) is 61.5 Å². The zero-order valence-corrected chi connectivity index (χ0v) is 19.4. The van der Waals surface area contributed by atoms with Crippen LogP contribution < -0.4 is 20.1 Å². The normalized spacial score (nSPS) is 19.4. The first-order valence-electron chi connectivity index (χ1n) is 11.3. The second-order valence-electron chi connectivity index (χ2n) is 8.79. The van der Waals surface area contributed by atoms with Gasteiger partial charge in [0.05, 0.1) is 6.04 Å². The van der Waals surface area contributed by atoms with Gasteiger partial charge in [-0.3, -0.25) is 14.5 Å². The molecule has 0 radical (unpaired) electrons. The monoisotopic (exact) mass is 471 g/mol. The molecule has 8 nitrogen and oxygen atoms in total. The molecule has 2 atom stereocenters. The third kappa shape index (κ3) is 4.19. The van der Waals surface area contributed by atoms with E-state index in [0.29, 0.717) is 17.1 Å². The van der Waals surface area contributed by atoms with Crippen LogP contribution in [0.4, 0.5) is 4.79 Å². The molecular formula is C27H25N3O5. The van der Waals surface area contributed by atoms with Crippen LogP contribution in [0.25, 0.3) is 11.1 Å². The highest BCUT2D eigenvalue weighted by atomic mass is 16.7. The van der Waals surface area contributed by atoms with Crippen molar-refractivity contribution >= 4 is 17.8 Å². The highest BCUT2D eigenvalue weighted by Gasteiger charge is 2.50. The van der Waals surface area contributed by atoms with Gasteiger partial charge in [0.25, 0.3) is 5.91 Å². The highest BCUT2D eigenvalue weighted by Crippen LogP contribution is 2.37. The van der Waals surface area contributed by atoms with Crippen molar-refractivity contribution in [2.24, 2.45) is 0 Å². The zero-order chi connectivity index (χ0) is 24.6. The number of nitrogens with one attached hydrogen (secondary N) is 2. The lowest BCUT2D eigenvalue weighted by atomic mass is 9.91. The van der Waals surface area contributed by atoms with Crippen molar-refractivity contribution in [3.63, 3.8) is 0 Å². The second-order valence-corrected chi connectivity index (χ2v) is 8.79. The average Bonchev–Trinajstić information content (AvgIpc) is 3.43. The van der Waals surface area contributed by atoms with Gasteiger partial charge in [-0.05, 0) is 48.2 Å². The lowest BCUT2D eigenvalue weighted by molar-refractivity contribution is -0.135. The van der Waals surface area contributed by atoms with E-state index in [1.54, 1.807) is 25.1 Å². The largest absolute Gasteiger partial charge is 0.454 e. The fraction of sp³-hybridized carbons (Fsp3) is 0.222. The quantitative estimate of drug-likeness (QED) is 0.534. The number of hydrogen-bond acceptors (Lipinski definition) is 5. The lowest BCUT2D eigenvalue weighted by Gasteiger charge is -2.22. The second kappa shape index (κ2) is 8.79. The predicted octanol–water partition coefficient (Wildman–Crippen LogP) is 3.73. The summed E-state index contributed by atoms with van der Waals surface area (Å²) < 4.78 is 10.7. The molecule has 0 aliphatic carbocycles. The highest BCUT2D eigenvalue weighted by molar-refractivity contribution is 6.09. The number of urea groups is 1. The molecule has 178 valence electrons. The van der Waals surface area contributed by atoms with E-state index < -0.39 is 23.4 Å². The van der Waals surface area contributed by atoms with Crippen LogP contribution >= 0.6 is 0 Å². The van der Waals surface area contributed by atoms with E-state index in [4.69, 9.17) is 9.47 Å². The molecule has 35 heavy (non-hydrogen) atoms. The van der Waals surface area contributed by atoms with Gasteiger partial charge in [-0.1, -0.05) is 60.7 Å². The lowest BCUT2D eigenvalue weighted by Crippen LogP contribution is -2.43. The van der Waals surface area contributed by atoms with Gasteiger partial charge in [0, 0.05) is 0 Å². The number of carbonyl (C=O) groups excluding carboxylic acids is 3. The van der Waals surface area contributed by atoms with E-state index in [0.717, 1.165) is 21.6 Å². The number of nitrogens with zero attached hydrogens (tertiary/aromatic N) is 1. The number of ether oxygens (including phenoxy) is 2. The van der Waals surface area contributed by atoms with Gasteiger partial charge in [-0.25, -0.2) is 4.79 Å². The molecule has 1 fully saturated rings. The molecule has 2 aliphatic rings. The summed E-state index contributed by atoms with van der Waals surface area (Å²) in [7, 11) is 0. The molecule has 2 aliphatic heterocycles. The number of amides is 4. The van der Waals surface area contributed by atoms with Gasteiger partial charge in [0.15, 0.2) is 11.5 Å². The summed E-state index contributed by atoms with van der Waals surface area (Å²) in [5.41, 5.74) is 2.35. The van der Waals surface area contributed by atoms with E-state index in [2.05, 4.69) is 10.6 Å². The van der Waals surface area contributed by atoms with E-state index >= 15 is 0 Å². The maximum Gasteiger partial charge on any atom is 0.325 e. The number of benzene rings is 3. The molecule has 0 aromatic heterocycles. The minimum Gasteiger partial charge on any atom is -0.454 e. The SMILES string of the molecule is C[C@@H](NC(=O)CN1C(=O)N[C@](C)(c2ccc3c(c2)OCO3)C1=O)c1ccc(-c2ccccc2)cc1. The number of carbonyl (C=O) groups is 3. The molecule has 0 unspecified atom stereocenters. The number of rotatable bonds is 6. The van der Waals surface area contributed by atoms with Crippen molar-refractivity contribution in [2.75, 3.05) is 13.3 Å². The maximum atomic E-state index is 13.2. The summed E-state index contributed by atoms with van der Waals surface area (Å²) in [6.45, 7) is 3.20. The molecule has 5 rings (SSSR count). The van der Waals surface area contributed by atoms with Crippen LogP contribution in [0.15, 0.2) is 72.8 Å². The van der Waals surface area contributed by atoms with E-state index in [1.165, 1.54) is 0 Å². The van der Waals surface area contributed by atoms with Crippen LogP contribution in [-0.2, 0) is 15.1 Å². The summed E-state index contributed by atoms with van der Waals surface area (Å²) in [6, 6.07) is 22.1. The summed E-state index contributed by atoms with van der Waals surface area (Å²) >= 11 is 0. The van der Waals surface area contributed by atoms with Crippen molar-refractivity contribution in [3.8, 4) is 22.6 Å². The minimum absolute atomic E-state index is 0.106. The Hall–Kier alpha value is -4.33. The third-order valence-electron chi connectivity index (χ3n) is 6.42. The fourth-order valence-electron chi connectivity index (χ4n) is 4.35. The first kappa shape index (κ1) is 22.5. The zero-order valence-electron chi connectivity index (χ0n) is 19.4. The van der Waals surface area contributed by atoms with Crippen molar-refractivity contribution in [3.05, 3.63) is 83.9 Å². The Morgan fingerprint density at radius 1 is 1.00 bits per heavy atom. The first-order valence-corrected chi connectivity index (χ1v) is 11.3. The van der Waals surface area contributed by atoms with Crippen LogP contribution in [0.3, 0.4) is 0 Å². The summed E-state index contributed by atoms with van der Waals surface area (Å²) in [4.78, 5) is 39.5. The molecule has 0 bridgehead atoms. The van der Waals surface area contributed by atoms with Crippen LogP contribution in [0.5, 0.6) is 11.5 Å². The molecule has 3 aromatic carbocycles. The molecule has 1 saturated heterocycles. The van der Waals surface area contributed by atoms with Gasteiger partial charge < -0.3 is 20.1 Å². The first-order chi connectivity index (χ1) is 16.8. The Morgan fingerprint density at radius 3 is 2.43 bits per heavy atom. The van der Waals surface area contributed by atoms with E-state index in [9.17, 15) is 14.4 Å². The number of imide groups is 1. The van der Waals surface area contributed by atoms with Crippen molar-refractivity contribution in [2.45, 2.75) is 25.4 Å². The van der Waals surface area contributed by atoms with Gasteiger partial charge in [-0.2, -0.15) is 0 Å². The van der Waals surface area contributed by atoms with Crippen molar-refractivity contribution < 1.29 is 23.9 Å². The minimum atomic E-state index is -1.31. The molecule has 2 N–H and O–H groups in total. The molecule has 8 heteroatoms. The molecule has 3 aromatic rings. The Bertz CT molecular complexity index is 1290. The molecule has 2 heterocycles. The third-order valence-corrected chi connectivity index (χ3v) is 6.42. The number of fused-ring (bicyclic) bond motifs is 1. The Kier molecular flexibility index (Phi) is 5.64. The average molecular weight is 472 g/mol. The Morgan fingerprint density at radius 2 is 1.69 bits per heavy atom. The predicted molar refractivity (Wildman–Crippen MR) is 129 cm³/mol. The Balaban J connectivity index is 1.24. The molecule has 4 amide bonds. The van der Waals surface area contributed by atoms with Gasteiger partial charge in [0.2, 0.25) is 12.7 Å². The van der Waals surface area contributed by atoms with Gasteiger partial charge in [0.1, 0.15) is 12.1 Å². The topological polar surface area (TPSA) is 97.0 Å². The van der Waals surface area contributed by atoms with Crippen molar-refractivity contribution in [1.29, 1.82) is 0 Å². The van der Waals surface area contributed by atoms with Gasteiger partial charge in [-0.15, -0.1) is 0 Å². The number of hydrogen-bond donors (Lipinski definition) is 2. The van der Waals surface area contributed by atoms with Gasteiger partial charge >= 0.3 is 6.03 Å². The van der Waals surface area contributed by atoms with Crippen molar-refractivity contribution in [1.82, 2.24) is 15.5 Å². The fourth-order valence-corrected chi connectivity index (χ4v) is 4.35. The summed E-state index contributed by atoms with van der Waals surface area (Å²) in [5, 5.41) is 5.59. The van der Waals surface area contributed by atoms with Crippen LogP contribution in [0.1, 0.15) is 31.0 Å². The summed E-state index contributed by atoms with van der Waals surface area (Å²) in [5.74, 6) is 0.157. The summed E-state index contributed by atoms with van der Waals surface area (Å²) in [6.07, 6.45) is 0. The molecular weight excluding hydrogens is 446 g/mol. The Labute approximate surface area is 202 Å². The van der Waals surface area contributed by atoms with Crippen LogP contribution in [0.2, 0.25) is 0 Å². The molecule has 0 spiro atoms.